The van der Waals surface area contributed by atoms with E-state index in [1.165, 1.54) is 24.3 Å². The molecule has 3 aromatic rings. The van der Waals surface area contributed by atoms with Crippen molar-refractivity contribution >= 4 is 23.0 Å². The maximum absolute atomic E-state index is 12.7. The highest BCUT2D eigenvalue weighted by Crippen LogP contribution is 2.32. The number of hydrogen-bond acceptors (Lipinski definition) is 5. The van der Waals surface area contributed by atoms with Crippen LogP contribution < -0.4 is 16.8 Å². The Bertz CT molecular complexity index is 937. The van der Waals surface area contributed by atoms with Crippen LogP contribution in [0.4, 0.5) is 17.1 Å². The Labute approximate surface area is 144 Å². The number of carbonyl (C=O) groups is 1. The summed E-state index contributed by atoms with van der Waals surface area (Å²) in [6.45, 7) is 0. The van der Waals surface area contributed by atoms with Crippen LogP contribution in [-0.4, -0.2) is 16.1 Å². The summed E-state index contributed by atoms with van der Waals surface area (Å²) in [6, 6.07) is 15.9. The van der Waals surface area contributed by atoms with Gasteiger partial charge in [0.15, 0.2) is 0 Å². The summed E-state index contributed by atoms with van der Waals surface area (Å²) in [5.74, 6) is -0.281. The third-order valence-corrected chi connectivity index (χ3v) is 3.78. The van der Waals surface area contributed by atoms with E-state index >= 15 is 0 Å². The lowest BCUT2D eigenvalue weighted by atomic mass is 9.97. The van der Waals surface area contributed by atoms with Crippen molar-refractivity contribution in [3.8, 4) is 22.6 Å². The van der Waals surface area contributed by atoms with Crippen molar-refractivity contribution in [2.45, 2.75) is 0 Å². The maximum Gasteiger partial charge on any atom is 0.256 e. The predicted octanol–water partition coefficient (Wildman–Crippen LogP) is 3.18. The average molecular weight is 335 g/mol. The summed E-state index contributed by atoms with van der Waals surface area (Å²) < 4.78 is 0. The van der Waals surface area contributed by atoms with Crippen molar-refractivity contribution in [1.82, 2.24) is 0 Å². The number of nitrogens with one attached hydrogen (secondary N) is 1. The van der Waals surface area contributed by atoms with Crippen molar-refractivity contribution in [2.24, 2.45) is 0 Å². The molecule has 6 heteroatoms. The van der Waals surface area contributed by atoms with Gasteiger partial charge in [-0.15, -0.1) is 0 Å². The van der Waals surface area contributed by atoms with E-state index in [0.717, 1.165) is 0 Å². The predicted molar refractivity (Wildman–Crippen MR) is 98.4 cm³/mol. The average Bonchev–Trinajstić information content (AvgIpc) is 2.59. The third-order valence-electron chi connectivity index (χ3n) is 3.78. The molecule has 0 atom stereocenters. The molecule has 0 aromatic heterocycles. The molecule has 0 saturated heterocycles. The molecule has 0 radical (unpaired) electrons. The lowest BCUT2D eigenvalue weighted by molar-refractivity contribution is 0.102. The topological polar surface area (TPSA) is 122 Å². The van der Waals surface area contributed by atoms with E-state index in [1.54, 1.807) is 36.4 Å². The zero-order chi connectivity index (χ0) is 18.0. The molecule has 7 N–H and O–H groups in total. The van der Waals surface area contributed by atoms with Gasteiger partial charge in [-0.2, -0.15) is 0 Å². The van der Waals surface area contributed by atoms with E-state index in [4.69, 9.17) is 11.5 Å². The molecule has 3 rings (SSSR count). The van der Waals surface area contributed by atoms with E-state index in [9.17, 15) is 15.0 Å². The highest BCUT2D eigenvalue weighted by atomic mass is 16.3. The number of amides is 1. The SMILES string of the molecule is Nc1cc(NC(=O)c2cccc(N)c2-c2ccc(O)cc2)ccc1O. The van der Waals surface area contributed by atoms with Gasteiger partial charge in [-0.05, 0) is 48.0 Å². The number of hydrogen-bond donors (Lipinski definition) is 5. The fourth-order valence-electron chi connectivity index (χ4n) is 2.54. The number of nitrogen functional groups attached to an aromatic ring is 2. The second kappa shape index (κ2) is 6.45. The lowest BCUT2D eigenvalue weighted by Crippen LogP contribution is -2.14. The molecule has 126 valence electrons. The van der Waals surface area contributed by atoms with E-state index in [0.29, 0.717) is 28.1 Å². The van der Waals surface area contributed by atoms with Crippen molar-refractivity contribution < 1.29 is 15.0 Å². The van der Waals surface area contributed by atoms with Gasteiger partial charge in [-0.25, -0.2) is 0 Å². The van der Waals surface area contributed by atoms with Gasteiger partial charge in [-0.1, -0.05) is 18.2 Å². The lowest BCUT2D eigenvalue weighted by Gasteiger charge is -2.13. The Morgan fingerprint density at radius 1 is 0.880 bits per heavy atom. The first-order chi connectivity index (χ1) is 12.0. The Balaban J connectivity index is 1.99. The molecule has 0 aliphatic heterocycles. The second-order valence-electron chi connectivity index (χ2n) is 5.54. The molecule has 0 aliphatic rings. The minimum atomic E-state index is -0.361. The normalized spacial score (nSPS) is 10.4. The number of anilines is 3. The summed E-state index contributed by atoms with van der Waals surface area (Å²) in [5, 5.41) is 21.7. The number of phenols is 2. The van der Waals surface area contributed by atoms with E-state index < -0.39 is 0 Å². The van der Waals surface area contributed by atoms with Crippen molar-refractivity contribution in [1.29, 1.82) is 0 Å². The summed E-state index contributed by atoms with van der Waals surface area (Å²) >= 11 is 0. The number of benzene rings is 3. The van der Waals surface area contributed by atoms with Crippen LogP contribution in [0, 0.1) is 0 Å². The second-order valence-corrected chi connectivity index (χ2v) is 5.54. The van der Waals surface area contributed by atoms with Crippen LogP contribution in [0.2, 0.25) is 0 Å². The molecule has 0 spiro atoms. The Kier molecular flexibility index (Phi) is 4.18. The van der Waals surface area contributed by atoms with Crippen LogP contribution in [-0.2, 0) is 0 Å². The first kappa shape index (κ1) is 16.2. The van der Waals surface area contributed by atoms with Gasteiger partial charge in [0, 0.05) is 22.5 Å². The molecule has 0 aliphatic carbocycles. The maximum atomic E-state index is 12.7. The molecule has 0 saturated carbocycles. The molecule has 0 fully saturated rings. The van der Waals surface area contributed by atoms with Crippen LogP contribution >= 0.6 is 0 Å². The fraction of sp³-hybridized carbons (Fsp3) is 0. The number of nitrogens with two attached hydrogens (primary N) is 2. The minimum absolute atomic E-state index is 0.0493. The number of carbonyl (C=O) groups excluding carboxylic acids is 1. The molecule has 0 bridgehead atoms. The fourth-order valence-corrected chi connectivity index (χ4v) is 2.54. The van der Waals surface area contributed by atoms with E-state index in [2.05, 4.69) is 5.32 Å². The Morgan fingerprint density at radius 3 is 2.28 bits per heavy atom. The zero-order valence-corrected chi connectivity index (χ0v) is 13.2. The van der Waals surface area contributed by atoms with Crippen LogP contribution in [0.15, 0.2) is 60.7 Å². The van der Waals surface area contributed by atoms with Crippen molar-refractivity contribution in [3.05, 3.63) is 66.2 Å². The number of rotatable bonds is 3. The van der Waals surface area contributed by atoms with Gasteiger partial charge in [0.25, 0.3) is 5.91 Å². The molecular weight excluding hydrogens is 318 g/mol. The first-order valence-electron chi connectivity index (χ1n) is 7.53. The van der Waals surface area contributed by atoms with Crippen LogP contribution in [0.25, 0.3) is 11.1 Å². The highest BCUT2D eigenvalue weighted by Gasteiger charge is 2.16. The smallest absolute Gasteiger partial charge is 0.256 e. The van der Waals surface area contributed by atoms with Gasteiger partial charge < -0.3 is 27.0 Å². The molecule has 25 heavy (non-hydrogen) atoms. The molecular formula is C19H17N3O3. The van der Waals surface area contributed by atoms with Gasteiger partial charge >= 0.3 is 0 Å². The van der Waals surface area contributed by atoms with Crippen molar-refractivity contribution in [2.75, 3.05) is 16.8 Å². The van der Waals surface area contributed by atoms with Gasteiger partial charge in [0.2, 0.25) is 0 Å². The minimum Gasteiger partial charge on any atom is -0.508 e. The van der Waals surface area contributed by atoms with Gasteiger partial charge in [0.05, 0.1) is 5.69 Å². The van der Waals surface area contributed by atoms with Gasteiger partial charge in [0.1, 0.15) is 11.5 Å². The van der Waals surface area contributed by atoms with E-state index in [1.807, 2.05) is 0 Å². The molecule has 0 unspecified atom stereocenters. The Hall–Kier alpha value is -3.67. The van der Waals surface area contributed by atoms with E-state index in [-0.39, 0.29) is 23.1 Å². The van der Waals surface area contributed by atoms with Gasteiger partial charge in [-0.3, -0.25) is 4.79 Å². The number of aromatic hydroxyl groups is 2. The summed E-state index contributed by atoms with van der Waals surface area (Å²) in [4.78, 5) is 12.7. The molecule has 1 amide bonds. The third kappa shape index (κ3) is 3.32. The van der Waals surface area contributed by atoms with Crippen LogP contribution in [0.3, 0.4) is 0 Å². The summed E-state index contributed by atoms with van der Waals surface area (Å²) in [7, 11) is 0. The standard InChI is InChI=1S/C19H17N3O3/c20-15-3-1-2-14(18(15)11-4-7-13(23)8-5-11)19(25)22-12-6-9-17(24)16(21)10-12/h1-10,23-24H,20-21H2,(H,22,25). The summed E-state index contributed by atoms with van der Waals surface area (Å²) in [6.07, 6.45) is 0. The van der Waals surface area contributed by atoms with Crippen LogP contribution in [0.1, 0.15) is 10.4 Å². The van der Waals surface area contributed by atoms with Crippen LogP contribution in [0.5, 0.6) is 11.5 Å². The molecule has 6 nitrogen and oxygen atoms in total. The first-order valence-corrected chi connectivity index (χ1v) is 7.53. The molecule has 3 aromatic carbocycles. The number of phenolic OH excluding ortho intramolecular Hbond substituents is 2. The highest BCUT2D eigenvalue weighted by molar-refractivity contribution is 6.10. The quantitative estimate of drug-likeness (QED) is 0.286. The zero-order valence-electron chi connectivity index (χ0n) is 13.2. The largest absolute Gasteiger partial charge is 0.508 e. The van der Waals surface area contributed by atoms with Crippen molar-refractivity contribution in [3.63, 3.8) is 0 Å². The monoisotopic (exact) mass is 335 g/mol. The summed E-state index contributed by atoms with van der Waals surface area (Å²) in [5.41, 5.74) is 14.5. The molecule has 0 heterocycles. The Morgan fingerprint density at radius 2 is 1.60 bits per heavy atom.